The monoisotopic (exact) mass is 382 g/mol. The molecule has 1 aliphatic heterocycles. The third kappa shape index (κ3) is 3.87. The van der Waals surface area contributed by atoms with Crippen LogP contribution in [-0.4, -0.2) is 43.0 Å². The molecule has 1 N–H and O–H groups in total. The highest BCUT2D eigenvalue weighted by atomic mass is 32.1. The van der Waals surface area contributed by atoms with E-state index in [1.54, 1.807) is 22.4 Å². The van der Waals surface area contributed by atoms with E-state index in [1.165, 1.54) is 18.6 Å². The lowest BCUT2D eigenvalue weighted by Gasteiger charge is -2.33. The van der Waals surface area contributed by atoms with Crippen molar-refractivity contribution in [1.82, 2.24) is 30.0 Å². The summed E-state index contributed by atoms with van der Waals surface area (Å²) >= 11 is 1.60. The SMILES string of the molecule is O=C(CC1CN(C(=O)c2cnccn2)Cc2ccnn21)NCc1cccs1. The summed E-state index contributed by atoms with van der Waals surface area (Å²) in [6, 6.07) is 5.59. The van der Waals surface area contributed by atoms with Gasteiger partial charge < -0.3 is 10.2 Å². The van der Waals surface area contributed by atoms with Crippen LogP contribution in [0.25, 0.3) is 0 Å². The number of fused-ring (bicyclic) bond motifs is 1. The standard InChI is InChI=1S/C18H18N6O2S/c25-17(21-9-15-2-1-7-27-15)8-14-12-23(11-13-3-4-22-24(13)14)18(26)16-10-19-5-6-20-16/h1-7,10,14H,8-9,11-12H2,(H,21,25). The molecular formula is C18H18N6O2S. The van der Waals surface area contributed by atoms with Crippen molar-refractivity contribution in [3.8, 4) is 0 Å². The van der Waals surface area contributed by atoms with Gasteiger partial charge in [-0.2, -0.15) is 5.10 Å². The molecule has 138 valence electrons. The average Bonchev–Trinajstić information content (AvgIpc) is 3.38. The summed E-state index contributed by atoms with van der Waals surface area (Å²) in [5.74, 6) is -0.261. The summed E-state index contributed by atoms with van der Waals surface area (Å²) in [4.78, 5) is 36.0. The first-order valence-corrected chi connectivity index (χ1v) is 9.45. The van der Waals surface area contributed by atoms with Crippen molar-refractivity contribution in [2.24, 2.45) is 0 Å². The van der Waals surface area contributed by atoms with Crippen molar-refractivity contribution in [3.05, 3.63) is 64.6 Å². The highest BCUT2D eigenvalue weighted by Crippen LogP contribution is 2.24. The third-order valence-corrected chi connectivity index (χ3v) is 5.29. The van der Waals surface area contributed by atoms with Gasteiger partial charge in [0, 0.05) is 30.0 Å². The van der Waals surface area contributed by atoms with Crippen molar-refractivity contribution in [3.63, 3.8) is 0 Å². The molecule has 1 unspecified atom stereocenters. The summed E-state index contributed by atoms with van der Waals surface area (Å²) in [6.07, 6.45) is 6.43. The molecule has 0 spiro atoms. The molecule has 1 atom stereocenters. The Kier molecular flexibility index (Phi) is 4.93. The highest BCUT2D eigenvalue weighted by Gasteiger charge is 2.30. The van der Waals surface area contributed by atoms with Gasteiger partial charge in [-0.05, 0) is 17.5 Å². The number of carbonyl (C=O) groups is 2. The minimum Gasteiger partial charge on any atom is -0.351 e. The summed E-state index contributed by atoms with van der Waals surface area (Å²) in [5, 5.41) is 9.26. The fourth-order valence-corrected chi connectivity index (χ4v) is 3.79. The minimum atomic E-state index is -0.215. The number of hydrogen-bond acceptors (Lipinski definition) is 6. The topological polar surface area (TPSA) is 93.0 Å². The van der Waals surface area contributed by atoms with Crippen LogP contribution in [0.3, 0.4) is 0 Å². The number of carbonyl (C=O) groups excluding carboxylic acids is 2. The van der Waals surface area contributed by atoms with Crippen LogP contribution in [0.2, 0.25) is 0 Å². The second-order valence-electron chi connectivity index (χ2n) is 6.26. The van der Waals surface area contributed by atoms with Gasteiger partial charge >= 0.3 is 0 Å². The van der Waals surface area contributed by atoms with Crippen molar-refractivity contribution in [2.75, 3.05) is 6.54 Å². The maximum absolute atomic E-state index is 12.7. The van der Waals surface area contributed by atoms with Gasteiger partial charge in [-0.1, -0.05) is 6.07 Å². The zero-order valence-electron chi connectivity index (χ0n) is 14.5. The predicted molar refractivity (Wildman–Crippen MR) is 98.8 cm³/mol. The van der Waals surface area contributed by atoms with Crippen molar-refractivity contribution >= 4 is 23.2 Å². The quantitative estimate of drug-likeness (QED) is 0.724. The lowest BCUT2D eigenvalue weighted by Crippen LogP contribution is -2.43. The molecule has 27 heavy (non-hydrogen) atoms. The molecule has 4 heterocycles. The van der Waals surface area contributed by atoms with Crippen LogP contribution >= 0.6 is 11.3 Å². The van der Waals surface area contributed by atoms with E-state index >= 15 is 0 Å². The first-order chi connectivity index (χ1) is 13.2. The van der Waals surface area contributed by atoms with E-state index in [2.05, 4.69) is 20.4 Å². The molecule has 0 bridgehead atoms. The molecule has 8 nitrogen and oxygen atoms in total. The third-order valence-electron chi connectivity index (χ3n) is 4.41. The van der Waals surface area contributed by atoms with Gasteiger partial charge in [0.05, 0.1) is 37.4 Å². The van der Waals surface area contributed by atoms with Gasteiger partial charge in [0.1, 0.15) is 5.69 Å². The van der Waals surface area contributed by atoms with E-state index in [9.17, 15) is 9.59 Å². The lowest BCUT2D eigenvalue weighted by molar-refractivity contribution is -0.122. The Morgan fingerprint density at radius 3 is 2.96 bits per heavy atom. The van der Waals surface area contributed by atoms with Crippen LogP contribution in [0.5, 0.6) is 0 Å². The van der Waals surface area contributed by atoms with Gasteiger partial charge in [-0.15, -0.1) is 11.3 Å². The van der Waals surface area contributed by atoms with Gasteiger partial charge in [0.25, 0.3) is 5.91 Å². The van der Waals surface area contributed by atoms with Crippen LogP contribution in [0, 0.1) is 0 Å². The normalized spacial score (nSPS) is 16.0. The van der Waals surface area contributed by atoms with E-state index in [1.807, 2.05) is 28.3 Å². The summed E-state index contributed by atoms with van der Waals surface area (Å²) in [7, 11) is 0. The van der Waals surface area contributed by atoms with E-state index in [4.69, 9.17) is 0 Å². The van der Waals surface area contributed by atoms with E-state index in [0.29, 0.717) is 25.3 Å². The van der Waals surface area contributed by atoms with E-state index in [0.717, 1.165) is 10.6 Å². The Morgan fingerprint density at radius 1 is 1.26 bits per heavy atom. The number of hydrogen-bond donors (Lipinski definition) is 1. The second kappa shape index (κ2) is 7.67. The molecule has 4 rings (SSSR count). The van der Waals surface area contributed by atoms with Gasteiger partial charge in [0.2, 0.25) is 5.91 Å². The van der Waals surface area contributed by atoms with E-state index < -0.39 is 0 Å². The molecule has 0 radical (unpaired) electrons. The Bertz CT molecular complexity index is 925. The molecule has 3 aromatic heterocycles. The summed E-state index contributed by atoms with van der Waals surface area (Å²) in [5.41, 5.74) is 1.20. The fourth-order valence-electron chi connectivity index (χ4n) is 3.15. The maximum atomic E-state index is 12.7. The molecule has 0 saturated carbocycles. The second-order valence-corrected chi connectivity index (χ2v) is 7.29. The zero-order valence-corrected chi connectivity index (χ0v) is 15.3. The number of thiophene rings is 1. The first-order valence-electron chi connectivity index (χ1n) is 8.57. The predicted octanol–water partition coefficient (Wildman–Crippen LogP) is 1.64. The number of rotatable bonds is 5. The summed E-state index contributed by atoms with van der Waals surface area (Å²) < 4.78 is 1.84. The van der Waals surface area contributed by atoms with Crippen LogP contribution in [0.15, 0.2) is 48.4 Å². The number of nitrogens with zero attached hydrogens (tertiary/aromatic N) is 5. The van der Waals surface area contributed by atoms with Gasteiger partial charge in [-0.3, -0.25) is 19.3 Å². The fraction of sp³-hybridized carbons (Fsp3) is 0.278. The number of aromatic nitrogens is 4. The van der Waals surface area contributed by atoms with Gasteiger partial charge in [-0.25, -0.2) is 4.98 Å². The lowest BCUT2D eigenvalue weighted by atomic mass is 10.1. The first kappa shape index (κ1) is 17.3. The Balaban J connectivity index is 1.45. The molecule has 1 aliphatic rings. The molecule has 0 aliphatic carbocycles. The van der Waals surface area contributed by atoms with Gasteiger partial charge in [0.15, 0.2) is 0 Å². The average molecular weight is 382 g/mol. The van der Waals surface area contributed by atoms with Crippen LogP contribution < -0.4 is 5.32 Å². The van der Waals surface area contributed by atoms with Crippen molar-refractivity contribution in [2.45, 2.75) is 25.6 Å². The molecule has 9 heteroatoms. The number of nitrogens with one attached hydrogen (secondary N) is 1. The van der Waals surface area contributed by atoms with Crippen LogP contribution in [0.1, 0.15) is 33.5 Å². The highest BCUT2D eigenvalue weighted by molar-refractivity contribution is 7.09. The zero-order chi connectivity index (χ0) is 18.6. The van der Waals surface area contributed by atoms with Crippen LogP contribution in [-0.2, 0) is 17.9 Å². The molecule has 2 amide bonds. The van der Waals surface area contributed by atoms with Crippen molar-refractivity contribution in [1.29, 1.82) is 0 Å². The largest absolute Gasteiger partial charge is 0.351 e. The Hall–Kier alpha value is -3.07. The van der Waals surface area contributed by atoms with Crippen molar-refractivity contribution < 1.29 is 9.59 Å². The minimum absolute atomic E-state index is 0.0661. The molecular weight excluding hydrogens is 364 g/mol. The summed E-state index contributed by atoms with van der Waals surface area (Å²) in [6.45, 7) is 1.34. The maximum Gasteiger partial charge on any atom is 0.274 e. The molecule has 0 fully saturated rings. The molecule has 3 aromatic rings. The van der Waals surface area contributed by atoms with Crippen LogP contribution in [0.4, 0.5) is 0 Å². The molecule has 0 aromatic carbocycles. The smallest absolute Gasteiger partial charge is 0.274 e. The Labute approximate surface area is 159 Å². The molecule has 0 saturated heterocycles. The Morgan fingerprint density at radius 2 is 2.19 bits per heavy atom. The van der Waals surface area contributed by atoms with E-state index in [-0.39, 0.29) is 24.3 Å². The number of amides is 2.